The number of benzene rings is 2. The number of aryl methyl sites for hydroxylation is 1. The zero-order valence-corrected chi connectivity index (χ0v) is 13.8. The van der Waals surface area contributed by atoms with Gasteiger partial charge in [0.15, 0.2) is 0 Å². The molecule has 0 fully saturated rings. The van der Waals surface area contributed by atoms with Crippen LogP contribution in [0.1, 0.15) is 28.4 Å². The van der Waals surface area contributed by atoms with E-state index in [1.54, 1.807) is 0 Å². The Bertz CT molecular complexity index is 640. The van der Waals surface area contributed by atoms with Crippen LogP contribution in [-0.4, -0.2) is 12.5 Å². The molecule has 2 N–H and O–H groups in total. The maximum atomic E-state index is 11.8. The zero-order chi connectivity index (χ0) is 15.2. The normalized spacial score (nSPS) is 10.2. The van der Waals surface area contributed by atoms with Crippen molar-refractivity contribution in [3.8, 4) is 0 Å². The molecule has 0 aromatic heterocycles. The molecular formula is C17H19BrN2O. The zero-order valence-electron chi connectivity index (χ0n) is 12.2. The average molecular weight is 347 g/mol. The lowest BCUT2D eigenvalue weighted by Crippen LogP contribution is -2.22. The second-order valence-electron chi connectivity index (χ2n) is 4.88. The van der Waals surface area contributed by atoms with Crippen molar-refractivity contribution in [2.24, 2.45) is 0 Å². The Balaban J connectivity index is 2.04. The minimum absolute atomic E-state index is 0.0411. The van der Waals surface area contributed by atoms with E-state index in [0.29, 0.717) is 12.1 Å². The number of hydrogen-bond acceptors (Lipinski definition) is 2. The van der Waals surface area contributed by atoms with Crippen molar-refractivity contribution in [2.75, 3.05) is 11.9 Å². The van der Waals surface area contributed by atoms with Gasteiger partial charge in [0.1, 0.15) is 0 Å². The van der Waals surface area contributed by atoms with Crippen LogP contribution in [0.15, 0.2) is 46.9 Å². The quantitative estimate of drug-likeness (QED) is 0.854. The lowest BCUT2D eigenvalue weighted by molar-refractivity contribution is 0.0956. The Morgan fingerprint density at radius 2 is 2.00 bits per heavy atom. The smallest absolute Gasteiger partial charge is 0.251 e. The van der Waals surface area contributed by atoms with Gasteiger partial charge < -0.3 is 10.6 Å². The second-order valence-corrected chi connectivity index (χ2v) is 5.73. The van der Waals surface area contributed by atoms with Crippen LogP contribution in [0.4, 0.5) is 5.69 Å². The maximum absolute atomic E-state index is 11.8. The van der Waals surface area contributed by atoms with E-state index in [2.05, 4.69) is 51.7 Å². The predicted octanol–water partition coefficient (Wildman–Crippen LogP) is 4.12. The number of hydrogen-bond donors (Lipinski definition) is 2. The third-order valence-corrected chi connectivity index (χ3v) is 4.07. The van der Waals surface area contributed by atoms with Gasteiger partial charge in [-0.05, 0) is 49.2 Å². The summed E-state index contributed by atoms with van der Waals surface area (Å²) in [5, 5.41) is 6.15. The fourth-order valence-corrected chi connectivity index (χ4v) is 2.30. The summed E-state index contributed by atoms with van der Waals surface area (Å²) in [5.74, 6) is -0.0411. The first-order valence-electron chi connectivity index (χ1n) is 6.97. The Hall–Kier alpha value is -1.81. The molecule has 21 heavy (non-hydrogen) atoms. The third-order valence-electron chi connectivity index (χ3n) is 3.18. The first-order chi connectivity index (χ1) is 10.1. The number of carbonyl (C=O) groups excluding carboxylic acids is 1. The highest BCUT2D eigenvalue weighted by atomic mass is 79.9. The number of halogens is 1. The second kappa shape index (κ2) is 7.27. The minimum atomic E-state index is -0.0411. The summed E-state index contributed by atoms with van der Waals surface area (Å²) in [5.41, 5.74) is 4.04. The molecule has 0 aliphatic carbocycles. The lowest BCUT2D eigenvalue weighted by atomic mass is 10.1. The average Bonchev–Trinajstić information content (AvgIpc) is 2.49. The summed E-state index contributed by atoms with van der Waals surface area (Å²) in [6.45, 7) is 5.35. The molecule has 1 amide bonds. The number of nitrogens with one attached hydrogen (secondary N) is 2. The van der Waals surface area contributed by atoms with Gasteiger partial charge in [0.25, 0.3) is 5.91 Å². The first kappa shape index (κ1) is 15.6. The van der Waals surface area contributed by atoms with E-state index in [1.165, 1.54) is 11.1 Å². The molecule has 0 spiro atoms. The van der Waals surface area contributed by atoms with E-state index in [1.807, 2.05) is 31.2 Å². The van der Waals surface area contributed by atoms with Crippen LogP contribution in [-0.2, 0) is 6.54 Å². The molecular weight excluding hydrogens is 328 g/mol. The van der Waals surface area contributed by atoms with Crippen molar-refractivity contribution in [2.45, 2.75) is 20.4 Å². The van der Waals surface area contributed by atoms with E-state index in [-0.39, 0.29) is 5.91 Å². The Morgan fingerprint density at radius 3 is 2.71 bits per heavy atom. The number of amides is 1. The fourth-order valence-electron chi connectivity index (χ4n) is 2.05. The van der Waals surface area contributed by atoms with Gasteiger partial charge in [-0.15, -0.1) is 0 Å². The van der Waals surface area contributed by atoms with Crippen LogP contribution in [0.25, 0.3) is 0 Å². The van der Waals surface area contributed by atoms with E-state index < -0.39 is 0 Å². The molecule has 0 unspecified atom stereocenters. The summed E-state index contributed by atoms with van der Waals surface area (Å²) in [4.78, 5) is 11.8. The highest BCUT2D eigenvalue weighted by Crippen LogP contribution is 2.18. The summed E-state index contributed by atoms with van der Waals surface area (Å²) in [6, 6.07) is 13.8. The lowest BCUT2D eigenvalue weighted by Gasteiger charge is -2.09. The summed E-state index contributed by atoms with van der Waals surface area (Å²) >= 11 is 3.50. The SMILES string of the molecule is CCNC(=O)c1cccc(NCc2ccc(Br)c(C)c2)c1. The van der Waals surface area contributed by atoms with Crippen LogP contribution in [0, 0.1) is 6.92 Å². The highest BCUT2D eigenvalue weighted by molar-refractivity contribution is 9.10. The molecule has 0 bridgehead atoms. The largest absolute Gasteiger partial charge is 0.381 e. The molecule has 3 nitrogen and oxygen atoms in total. The number of carbonyl (C=O) groups is 1. The standard InChI is InChI=1S/C17H19BrN2O/c1-3-19-17(21)14-5-4-6-15(10-14)20-11-13-7-8-16(18)12(2)9-13/h4-10,20H,3,11H2,1-2H3,(H,19,21). The molecule has 110 valence electrons. The van der Waals surface area contributed by atoms with Gasteiger partial charge in [0, 0.05) is 28.8 Å². The van der Waals surface area contributed by atoms with Crippen molar-refractivity contribution < 1.29 is 4.79 Å². The van der Waals surface area contributed by atoms with Gasteiger partial charge in [-0.25, -0.2) is 0 Å². The van der Waals surface area contributed by atoms with Gasteiger partial charge >= 0.3 is 0 Å². The molecule has 0 aliphatic rings. The fraction of sp³-hybridized carbons (Fsp3) is 0.235. The van der Waals surface area contributed by atoms with E-state index in [9.17, 15) is 4.79 Å². The molecule has 0 saturated carbocycles. The number of anilines is 1. The van der Waals surface area contributed by atoms with E-state index in [4.69, 9.17) is 0 Å². The van der Waals surface area contributed by atoms with Gasteiger partial charge in [-0.2, -0.15) is 0 Å². The molecule has 0 saturated heterocycles. The molecule has 2 aromatic rings. The van der Waals surface area contributed by atoms with Gasteiger partial charge in [0.2, 0.25) is 0 Å². The van der Waals surface area contributed by atoms with Crippen molar-refractivity contribution in [1.29, 1.82) is 0 Å². The van der Waals surface area contributed by atoms with Crippen molar-refractivity contribution in [1.82, 2.24) is 5.32 Å². The van der Waals surface area contributed by atoms with E-state index in [0.717, 1.165) is 16.7 Å². The topological polar surface area (TPSA) is 41.1 Å². The Morgan fingerprint density at radius 1 is 1.19 bits per heavy atom. The Labute approximate surface area is 133 Å². The van der Waals surface area contributed by atoms with Crippen LogP contribution >= 0.6 is 15.9 Å². The third kappa shape index (κ3) is 4.33. The molecule has 0 aliphatic heterocycles. The molecule has 4 heteroatoms. The van der Waals surface area contributed by atoms with Crippen LogP contribution < -0.4 is 10.6 Å². The first-order valence-corrected chi connectivity index (χ1v) is 7.76. The van der Waals surface area contributed by atoms with Crippen LogP contribution in [0.3, 0.4) is 0 Å². The van der Waals surface area contributed by atoms with Crippen LogP contribution in [0.5, 0.6) is 0 Å². The van der Waals surface area contributed by atoms with Crippen LogP contribution in [0.2, 0.25) is 0 Å². The molecule has 0 heterocycles. The maximum Gasteiger partial charge on any atom is 0.251 e. The van der Waals surface area contributed by atoms with Crippen molar-refractivity contribution in [3.63, 3.8) is 0 Å². The minimum Gasteiger partial charge on any atom is -0.381 e. The summed E-state index contributed by atoms with van der Waals surface area (Å²) < 4.78 is 1.12. The van der Waals surface area contributed by atoms with Crippen molar-refractivity contribution in [3.05, 3.63) is 63.6 Å². The molecule has 0 atom stereocenters. The molecule has 2 aromatic carbocycles. The molecule has 0 radical (unpaired) electrons. The number of rotatable bonds is 5. The Kier molecular flexibility index (Phi) is 5.39. The summed E-state index contributed by atoms with van der Waals surface area (Å²) in [6.07, 6.45) is 0. The monoisotopic (exact) mass is 346 g/mol. The van der Waals surface area contributed by atoms with E-state index >= 15 is 0 Å². The molecule has 2 rings (SSSR count). The highest BCUT2D eigenvalue weighted by Gasteiger charge is 2.04. The predicted molar refractivity (Wildman–Crippen MR) is 90.7 cm³/mol. The van der Waals surface area contributed by atoms with Gasteiger partial charge in [0.05, 0.1) is 0 Å². The summed E-state index contributed by atoms with van der Waals surface area (Å²) in [7, 11) is 0. The van der Waals surface area contributed by atoms with Gasteiger partial charge in [-0.3, -0.25) is 4.79 Å². The van der Waals surface area contributed by atoms with Crippen molar-refractivity contribution >= 4 is 27.5 Å². The van der Waals surface area contributed by atoms with Gasteiger partial charge in [-0.1, -0.05) is 34.1 Å².